The van der Waals surface area contributed by atoms with E-state index in [2.05, 4.69) is 34.4 Å². The van der Waals surface area contributed by atoms with E-state index in [4.69, 9.17) is 9.47 Å². The molecular weight excluding hydrogens is 570 g/mol. The molecule has 0 aromatic carbocycles. The molecule has 218 valence electrons. The van der Waals surface area contributed by atoms with Crippen LogP contribution < -0.4 is 5.32 Å². The van der Waals surface area contributed by atoms with E-state index in [0.29, 0.717) is 38.6 Å². The summed E-state index contributed by atoms with van der Waals surface area (Å²) in [5.41, 5.74) is -1.17. The number of allylic oxidation sites excluding steroid dienone is 1. The number of hydrogen-bond donors (Lipinski definition) is 2. The second-order valence-electron chi connectivity index (χ2n) is 10.9. The molecule has 7 atom stereocenters. The van der Waals surface area contributed by atoms with Crippen molar-refractivity contribution in [2.75, 3.05) is 26.2 Å². The fraction of sp³-hybridized carbons (Fsp3) is 0.714. The van der Waals surface area contributed by atoms with Crippen LogP contribution in [0.15, 0.2) is 25.3 Å². The van der Waals surface area contributed by atoms with Crippen LogP contribution in [0.1, 0.15) is 52.9 Å². The van der Waals surface area contributed by atoms with E-state index in [-0.39, 0.29) is 48.3 Å². The third-order valence-electron chi connectivity index (χ3n) is 7.81. The molecule has 2 N–H and O–H groups in total. The third-order valence-corrected chi connectivity index (χ3v) is 8.66. The number of likely N-dealkylation sites (tertiary alicyclic amines) is 1. The first-order chi connectivity index (χ1) is 18.5. The van der Waals surface area contributed by atoms with Gasteiger partial charge in [0.25, 0.3) is 0 Å². The number of hydrogen-bond acceptors (Lipinski definition) is 7. The van der Waals surface area contributed by atoms with Gasteiger partial charge in [-0.05, 0) is 46.5 Å². The Morgan fingerprint density at radius 2 is 2.00 bits per heavy atom. The number of ether oxygens (including phenoxy) is 2. The number of carbonyl (C=O) groups excluding carboxylic acids is 4. The van der Waals surface area contributed by atoms with Crippen LogP contribution in [-0.2, 0) is 28.7 Å². The molecule has 0 aromatic heterocycles. The summed E-state index contributed by atoms with van der Waals surface area (Å²) in [6, 6.07) is -1.04. The lowest BCUT2D eigenvalue weighted by molar-refractivity contribution is -0.159. The van der Waals surface area contributed by atoms with Crippen LogP contribution in [0.3, 0.4) is 0 Å². The van der Waals surface area contributed by atoms with Crippen molar-refractivity contribution >= 4 is 39.6 Å². The smallest absolute Gasteiger partial charge is 0.312 e. The van der Waals surface area contributed by atoms with E-state index in [0.717, 1.165) is 0 Å². The number of nitrogens with one attached hydrogen (secondary N) is 1. The third kappa shape index (κ3) is 6.25. The van der Waals surface area contributed by atoms with Crippen LogP contribution in [0.25, 0.3) is 0 Å². The Morgan fingerprint density at radius 3 is 2.62 bits per heavy atom. The summed E-state index contributed by atoms with van der Waals surface area (Å²) in [7, 11) is 0. The number of aliphatic hydroxyl groups is 1. The summed E-state index contributed by atoms with van der Waals surface area (Å²) in [5.74, 6) is -3.04. The number of alkyl halides is 1. The zero-order valence-electron chi connectivity index (χ0n) is 23.1. The number of rotatable bonds is 15. The fourth-order valence-electron chi connectivity index (χ4n) is 6.06. The molecular formula is C28H42BrN3O7. The van der Waals surface area contributed by atoms with Gasteiger partial charge in [-0.2, -0.15) is 0 Å². The van der Waals surface area contributed by atoms with Gasteiger partial charge in [-0.3, -0.25) is 19.2 Å². The minimum atomic E-state index is -1.17. The van der Waals surface area contributed by atoms with Gasteiger partial charge in [0.1, 0.15) is 17.7 Å². The molecule has 39 heavy (non-hydrogen) atoms. The number of nitrogens with zero attached hydrogens (tertiary/aromatic N) is 2. The highest BCUT2D eigenvalue weighted by Crippen LogP contribution is 2.60. The SMILES string of the molecule is C=CCCC(=O)NC[C@@H](C)OC(=O)[C@@H]1[C@H]2O[C@@]3(CC2Br)[C@H](C(=O)N(CC=C)C(C)C)N(CCCCO)C(=O)[C@@H]13. The Morgan fingerprint density at radius 1 is 1.28 bits per heavy atom. The van der Waals surface area contributed by atoms with Crippen LogP contribution in [-0.4, -0.2) is 99.6 Å². The maximum absolute atomic E-state index is 14.1. The quantitative estimate of drug-likeness (QED) is 0.125. The van der Waals surface area contributed by atoms with E-state index < -0.39 is 41.7 Å². The second-order valence-corrected chi connectivity index (χ2v) is 12.1. The lowest BCUT2D eigenvalue weighted by atomic mass is 9.70. The normalized spacial score (nSPS) is 29.7. The molecule has 1 spiro atoms. The molecule has 3 aliphatic rings. The average molecular weight is 613 g/mol. The van der Waals surface area contributed by atoms with E-state index in [1.165, 1.54) is 0 Å². The molecule has 3 heterocycles. The van der Waals surface area contributed by atoms with Gasteiger partial charge in [0.15, 0.2) is 0 Å². The standard InChI is InChI=1S/C28H42BrN3O7/c1-6-8-11-20(34)30-16-18(5)38-27(37)21-22-25(35)32(13-9-10-14-33)24(26(36)31(12-7-2)17(3)4)28(22)15-19(29)23(21)39-28/h6-7,17-19,21-24,33H,1-2,8-16H2,3-5H3,(H,30,34)/t18-,19?,21+,22-,23+,24+,28-/m1/s1. The van der Waals surface area contributed by atoms with Crippen molar-refractivity contribution in [2.24, 2.45) is 11.8 Å². The number of fused-ring (bicyclic) bond motifs is 1. The molecule has 0 saturated carbocycles. The maximum Gasteiger partial charge on any atom is 0.312 e. The van der Waals surface area contributed by atoms with Crippen LogP contribution in [0.2, 0.25) is 0 Å². The van der Waals surface area contributed by atoms with Gasteiger partial charge in [0.2, 0.25) is 17.7 Å². The molecule has 2 bridgehead atoms. The van der Waals surface area contributed by atoms with Crippen molar-refractivity contribution in [3.8, 4) is 0 Å². The number of esters is 1. The van der Waals surface area contributed by atoms with E-state index in [1.807, 2.05) is 13.8 Å². The number of aliphatic hydroxyl groups excluding tert-OH is 1. The van der Waals surface area contributed by atoms with E-state index >= 15 is 0 Å². The van der Waals surface area contributed by atoms with Gasteiger partial charge in [-0.15, -0.1) is 13.2 Å². The van der Waals surface area contributed by atoms with E-state index in [1.54, 1.807) is 28.9 Å². The lowest BCUT2D eigenvalue weighted by Gasteiger charge is -2.38. The van der Waals surface area contributed by atoms with Crippen molar-refractivity contribution in [2.45, 2.75) is 87.6 Å². The van der Waals surface area contributed by atoms with Crippen LogP contribution in [0.4, 0.5) is 0 Å². The van der Waals surface area contributed by atoms with Crippen LogP contribution in [0.5, 0.6) is 0 Å². The molecule has 0 aromatic rings. The summed E-state index contributed by atoms with van der Waals surface area (Å²) in [5, 5.41) is 12.1. The zero-order chi connectivity index (χ0) is 28.9. The highest BCUT2D eigenvalue weighted by molar-refractivity contribution is 9.09. The zero-order valence-corrected chi connectivity index (χ0v) is 24.7. The van der Waals surface area contributed by atoms with Crippen molar-refractivity contribution in [3.05, 3.63) is 25.3 Å². The van der Waals surface area contributed by atoms with Crippen molar-refractivity contribution in [3.63, 3.8) is 0 Å². The van der Waals surface area contributed by atoms with Gasteiger partial charge >= 0.3 is 5.97 Å². The van der Waals surface area contributed by atoms with Gasteiger partial charge in [-0.1, -0.05) is 28.1 Å². The first-order valence-corrected chi connectivity index (χ1v) is 14.7. The second kappa shape index (κ2) is 13.4. The first-order valence-electron chi connectivity index (χ1n) is 13.8. The molecule has 0 radical (unpaired) electrons. The van der Waals surface area contributed by atoms with Gasteiger partial charge in [0, 0.05) is 37.0 Å². The van der Waals surface area contributed by atoms with Gasteiger partial charge in [-0.25, -0.2) is 0 Å². The van der Waals surface area contributed by atoms with Crippen LogP contribution in [0, 0.1) is 11.8 Å². The Labute approximate surface area is 239 Å². The Kier molecular flexibility index (Phi) is 10.8. The van der Waals surface area contributed by atoms with Crippen LogP contribution >= 0.6 is 15.9 Å². The molecule has 3 rings (SSSR count). The topological polar surface area (TPSA) is 125 Å². The van der Waals surface area contributed by atoms with Crippen molar-refractivity contribution < 1.29 is 33.8 Å². The number of halogens is 1. The predicted octanol–water partition coefficient (Wildman–Crippen LogP) is 1.94. The van der Waals surface area contributed by atoms with Crippen molar-refractivity contribution in [1.82, 2.24) is 15.1 Å². The summed E-state index contributed by atoms with van der Waals surface area (Å²) >= 11 is 3.65. The fourth-order valence-corrected chi connectivity index (χ4v) is 7.00. The highest BCUT2D eigenvalue weighted by atomic mass is 79.9. The molecule has 3 saturated heterocycles. The summed E-state index contributed by atoms with van der Waals surface area (Å²) in [6.45, 7) is 13.6. The molecule has 3 fully saturated rings. The Balaban J connectivity index is 1.87. The number of amides is 3. The Bertz CT molecular complexity index is 959. The lowest BCUT2D eigenvalue weighted by Crippen LogP contribution is -2.58. The largest absolute Gasteiger partial charge is 0.460 e. The summed E-state index contributed by atoms with van der Waals surface area (Å²) < 4.78 is 12.2. The maximum atomic E-state index is 14.1. The summed E-state index contributed by atoms with van der Waals surface area (Å²) in [6.07, 6.45) is 4.31. The Hall–Kier alpha value is -2.24. The molecule has 0 aliphatic carbocycles. The van der Waals surface area contributed by atoms with Gasteiger partial charge < -0.3 is 29.7 Å². The molecule has 11 heteroatoms. The molecule has 10 nitrogen and oxygen atoms in total. The minimum Gasteiger partial charge on any atom is -0.460 e. The number of unbranched alkanes of at least 4 members (excludes halogenated alkanes) is 1. The minimum absolute atomic E-state index is 0.0250. The van der Waals surface area contributed by atoms with Gasteiger partial charge in [0.05, 0.1) is 24.5 Å². The molecule has 3 aliphatic heterocycles. The summed E-state index contributed by atoms with van der Waals surface area (Å²) in [4.78, 5) is 56.5. The average Bonchev–Trinajstić information content (AvgIpc) is 3.47. The number of carbonyl (C=O) groups is 4. The predicted molar refractivity (Wildman–Crippen MR) is 149 cm³/mol. The van der Waals surface area contributed by atoms with E-state index in [9.17, 15) is 24.3 Å². The first kappa shape index (κ1) is 31.3. The van der Waals surface area contributed by atoms with Crippen molar-refractivity contribution in [1.29, 1.82) is 0 Å². The molecule has 1 unspecified atom stereocenters. The monoisotopic (exact) mass is 611 g/mol. The highest BCUT2D eigenvalue weighted by Gasteiger charge is 2.77. The molecule has 3 amide bonds.